The lowest BCUT2D eigenvalue weighted by atomic mass is 9.62. The van der Waals surface area contributed by atoms with Crippen LogP contribution in [0.5, 0.6) is 0 Å². The van der Waals surface area contributed by atoms with Gasteiger partial charge in [-0.25, -0.2) is 0 Å². The first-order valence-corrected chi connectivity index (χ1v) is 9.18. The van der Waals surface area contributed by atoms with Crippen LogP contribution in [0.3, 0.4) is 0 Å². The molecule has 2 aromatic heterocycles. The fourth-order valence-electron chi connectivity index (χ4n) is 4.36. The summed E-state index contributed by atoms with van der Waals surface area (Å²) >= 11 is 1.78. The molecule has 0 saturated heterocycles. The van der Waals surface area contributed by atoms with Gasteiger partial charge >= 0.3 is 0 Å². The molecule has 2 atom stereocenters. The number of fused-ring (bicyclic) bond motifs is 1. The minimum atomic E-state index is 0.238. The lowest BCUT2D eigenvalue weighted by Gasteiger charge is -2.41. The molecule has 3 aliphatic rings. The SMILES string of the molecule is C=C/C=C\C1=C(C)C2c3cc4cscc4cc3C1c1ncccc12. The second-order valence-electron chi connectivity index (χ2n) is 6.56. The smallest absolute Gasteiger partial charge is 0.0564 e. The van der Waals surface area contributed by atoms with E-state index in [0.29, 0.717) is 5.92 Å². The summed E-state index contributed by atoms with van der Waals surface area (Å²) in [5.74, 6) is 0.559. The lowest BCUT2D eigenvalue weighted by Crippen LogP contribution is -2.27. The maximum absolute atomic E-state index is 4.77. The molecule has 0 aliphatic heterocycles. The molecule has 3 aliphatic carbocycles. The number of allylic oxidation sites excluding steroid dienone is 5. The van der Waals surface area contributed by atoms with E-state index in [9.17, 15) is 0 Å². The Labute approximate surface area is 145 Å². The molecule has 2 heterocycles. The number of hydrogen-bond donors (Lipinski definition) is 0. The summed E-state index contributed by atoms with van der Waals surface area (Å²) in [6, 6.07) is 9.09. The number of benzene rings is 1. The molecule has 3 aromatic rings. The van der Waals surface area contributed by atoms with Crippen LogP contribution in [0.2, 0.25) is 0 Å². The van der Waals surface area contributed by atoms with E-state index in [4.69, 9.17) is 4.98 Å². The first-order valence-electron chi connectivity index (χ1n) is 8.24. The van der Waals surface area contributed by atoms with E-state index in [0.717, 1.165) is 0 Å². The van der Waals surface area contributed by atoms with Gasteiger partial charge in [-0.2, -0.15) is 11.3 Å². The van der Waals surface area contributed by atoms with E-state index in [1.165, 1.54) is 44.3 Å². The van der Waals surface area contributed by atoms with Crippen LogP contribution in [0, 0.1) is 0 Å². The van der Waals surface area contributed by atoms with Gasteiger partial charge in [-0.3, -0.25) is 4.98 Å². The van der Waals surface area contributed by atoms with E-state index < -0.39 is 0 Å². The molecule has 0 spiro atoms. The van der Waals surface area contributed by atoms with Gasteiger partial charge in [0.05, 0.1) is 11.6 Å². The second kappa shape index (κ2) is 5.02. The van der Waals surface area contributed by atoms with Gasteiger partial charge in [0.25, 0.3) is 0 Å². The highest BCUT2D eigenvalue weighted by molar-refractivity contribution is 7.09. The molecule has 0 N–H and O–H groups in total. The van der Waals surface area contributed by atoms with Crippen LogP contribution in [-0.4, -0.2) is 4.98 Å². The minimum absolute atomic E-state index is 0.238. The van der Waals surface area contributed by atoms with Gasteiger partial charge in [0.1, 0.15) is 0 Å². The van der Waals surface area contributed by atoms with Gasteiger partial charge in [-0.15, -0.1) is 0 Å². The number of thiophene rings is 1. The minimum Gasteiger partial charge on any atom is -0.260 e. The molecule has 1 nitrogen and oxygen atoms in total. The van der Waals surface area contributed by atoms with E-state index in [1.54, 1.807) is 11.3 Å². The third-order valence-corrected chi connectivity index (χ3v) is 6.15. The fourth-order valence-corrected chi connectivity index (χ4v) is 5.13. The van der Waals surface area contributed by atoms with Crippen LogP contribution in [0.15, 0.2) is 77.2 Å². The first-order chi connectivity index (χ1) is 11.8. The molecule has 116 valence electrons. The van der Waals surface area contributed by atoms with Crippen molar-refractivity contribution in [3.05, 3.63) is 99.6 Å². The molecule has 2 bridgehead atoms. The van der Waals surface area contributed by atoms with Crippen molar-refractivity contribution in [1.82, 2.24) is 4.98 Å². The summed E-state index contributed by atoms with van der Waals surface area (Å²) in [5, 5.41) is 7.19. The largest absolute Gasteiger partial charge is 0.260 e. The van der Waals surface area contributed by atoms with E-state index >= 15 is 0 Å². The fraction of sp³-hybridized carbons (Fsp3) is 0.136. The van der Waals surface area contributed by atoms with Crippen molar-refractivity contribution < 1.29 is 0 Å². The molecule has 0 amide bonds. The number of nitrogens with zero attached hydrogens (tertiary/aromatic N) is 1. The van der Waals surface area contributed by atoms with Gasteiger partial charge < -0.3 is 0 Å². The zero-order valence-corrected chi connectivity index (χ0v) is 14.3. The van der Waals surface area contributed by atoms with Crippen molar-refractivity contribution in [2.45, 2.75) is 18.8 Å². The molecule has 24 heavy (non-hydrogen) atoms. The Morgan fingerprint density at radius 1 is 1.08 bits per heavy atom. The Morgan fingerprint density at radius 2 is 1.83 bits per heavy atom. The topological polar surface area (TPSA) is 12.9 Å². The van der Waals surface area contributed by atoms with Crippen molar-refractivity contribution in [3.63, 3.8) is 0 Å². The molecular weight excluding hydrogens is 310 g/mol. The summed E-state index contributed by atoms with van der Waals surface area (Å²) in [5.41, 5.74) is 8.30. The molecule has 0 saturated carbocycles. The summed E-state index contributed by atoms with van der Waals surface area (Å²) in [7, 11) is 0. The van der Waals surface area contributed by atoms with Gasteiger partial charge in [0.2, 0.25) is 0 Å². The highest BCUT2D eigenvalue weighted by atomic mass is 32.1. The predicted octanol–water partition coefficient (Wildman–Crippen LogP) is 5.95. The number of hydrogen-bond acceptors (Lipinski definition) is 2. The maximum atomic E-state index is 4.77. The molecule has 0 fully saturated rings. The molecule has 0 radical (unpaired) electrons. The van der Waals surface area contributed by atoms with Crippen molar-refractivity contribution in [3.8, 4) is 0 Å². The van der Waals surface area contributed by atoms with Crippen LogP contribution in [0.1, 0.15) is 41.1 Å². The number of rotatable bonds is 2. The summed E-state index contributed by atoms with van der Waals surface area (Å²) < 4.78 is 0. The highest BCUT2D eigenvalue weighted by Gasteiger charge is 2.41. The van der Waals surface area contributed by atoms with E-state index in [1.807, 2.05) is 18.3 Å². The van der Waals surface area contributed by atoms with Crippen LogP contribution in [-0.2, 0) is 0 Å². The number of aromatic nitrogens is 1. The average molecular weight is 327 g/mol. The third kappa shape index (κ3) is 1.72. The quantitative estimate of drug-likeness (QED) is 0.530. The van der Waals surface area contributed by atoms with Crippen molar-refractivity contribution in [2.75, 3.05) is 0 Å². The van der Waals surface area contributed by atoms with Gasteiger partial charge in [-0.1, -0.05) is 36.4 Å². The molecule has 2 heteroatoms. The average Bonchev–Trinajstić information content (AvgIpc) is 3.06. The van der Waals surface area contributed by atoms with E-state index in [2.05, 4.69) is 54.6 Å². The van der Waals surface area contributed by atoms with Gasteiger partial charge in [0.15, 0.2) is 0 Å². The molecule has 2 unspecified atom stereocenters. The van der Waals surface area contributed by atoms with Gasteiger partial charge in [0, 0.05) is 12.1 Å². The third-order valence-electron chi connectivity index (χ3n) is 5.37. The number of pyridine rings is 1. The summed E-state index contributed by atoms with van der Waals surface area (Å²) in [4.78, 5) is 4.77. The predicted molar refractivity (Wildman–Crippen MR) is 102 cm³/mol. The van der Waals surface area contributed by atoms with Crippen LogP contribution < -0.4 is 0 Å². The zero-order valence-electron chi connectivity index (χ0n) is 13.5. The first kappa shape index (κ1) is 13.9. The second-order valence-corrected chi connectivity index (χ2v) is 7.30. The highest BCUT2D eigenvalue weighted by Crippen LogP contribution is 2.55. The summed E-state index contributed by atoms with van der Waals surface area (Å²) in [6.45, 7) is 6.11. The molecule has 1 aromatic carbocycles. The van der Waals surface area contributed by atoms with Crippen molar-refractivity contribution in [1.29, 1.82) is 0 Å². The van der Waals surface area contributed by atoms with Crippen molar-refractivity contribution in [2.24, 2.45) is 0 Å². The Morgan fingerprint density at radius 3 is 2.58 bits per heavy atom. The Kier molecular flexibility index (Phi) is 2.92. The Hall–Kier alpha value is -2.45. The van der Waals surface area contributed by atoms with Crippen LogP contribution in [0.25, 0.3) is 10.8 Å². The Bertz CT molecular complexity index is 1050. The normalized spacial score (nSPS) is 21.4. The maximum Gasteiger partial charge on any atom is 0.0564 e. The van der Waals surface area contributed by atoms with Gasteiger partial charge in [-0.05, 0) is 68.9 Å². The monoisotopic (exact) mass is 327 g/mol. The standard InChI is InChI=1S/C22H17NS/c1-3-4-6-16-13(2)20-17-7-5-8-23-22(17)21(16)19-10-15-12-24-11-14(15)9-18(19)20/h3-12,20-21H,1H2,2H3/b6-4-. The molecule has 6 rings (SSSR count). The summed E-state index contributed by atoms with van der Waals surface area (Å²) in [6.07, 6.45) is 8.04. The van der Waals surface area contributed by atoms with E-state index in [-0.39, 0.29) is 5.92 Å². The van der Waals surface area contributed by atoms with Crippen LogP contribution >= 0.6 is 11.3 Å². The molecular formula is C22H17NS. The van der Waals surface area contributed by atoms with Crippen molar-refractivity contribution >= 4 is 22.1 Å². The lowest BCUT2D eigenvalue weighted by molar-refractivity contribution is 0.719. The Balaban J connectivity index is 1.85. The zero-order chi connectivity index (χ0) is 16.3. The van der Waals surface area contributed by atoms with Crippen LogP contribution in [0.4, 0.5) is 0 Å².